The van der Waals surface area contributed by atoms with E-state index < -0.39 is 10.0 Å². The van der Waals surface area contributed by atoms with Crippen LogP contribution >= 0.6 is 15.9 Å². The summed E-state index contributed by atoms with van der Waals surface area (Å²) in [6, 6.07) is 6.53. The van der Waals surface area contributed by atoms with Gasteiger partial charge in [0.05, 0.1) is 23.3 Å². The molecule has 0 amide bonds. The molecule has 0 radical (unpaired) electrons. The number of nitrogens with zero attached hydrogens (tertiary/aromatic N) is 2. The van der Waals surface area contributed by atoms with Crippen LogP contribution in [0.15, 0.2) is 46.0 Å². The smallest absolute Gasteiger partial charge is 0.240 e. The topological polar surface area (TPSA) is 90.0 Å². The Kier molecular flexibility index (Phi) is 4.23. The number of sulfonamides is 1. The third kappa shape index (κ3) is 3.79. The van der Waals surface area contributed by atoms with Crippen molar-refractivity contribution >= 4 is 31.6 Å². The Morgan fingerprint density at radius 3 is 2.84 bits per heavy atom. The molecule has 19 heavy (non-hydrogen) atoms. The average Bonchev–Trinajstić information content (AvgIpc) is 2.75. The lowest BCUT2D eigenvalue weighted by atomic mass is 10.4. The van der Waals surface area contributed by atoms with E-state index in [9.17, 15) is 8.42 Å². The molecule has 0 aliphatic rings. The third-order valence-electron chi connectivity index (χ3n) is 2.39. The van der Waals surface area contributed by atoms with Crippen molar-refractivity contribution < 1.29 is 8.42 Å². The molecule has 0 saturated carbocycles. The lowest BCUT2D eigenvalue weighted by molar-refractivity contribution is 0.561. The van der Waals surface area contributed by atoms with Crippen molar-refractivity contribution in [2.24, 2.45) is 0 Å². The molecule has 1 aromatic carbocycles. The van der Waals surface area contributed by atoms with Gasteiger partial charge in [0.25, 0.3) is 0 Å². The molecule has 0 aliphatic heterocycles. The number of nitrogens with one attached hydrogen (secondary N) is 1. The Labute approximate surface area is 119 Å². The molecule has 0 bridgehead atoms. The van der Waals surface area contributed by atoms with Gasteiger partial charge in [-0.3, -0.25) is 4.68 Å². The molecule has 0 saturated heterocycles. The molecule has 8 heteroatoms. The molecule has 0 atom stereocenters. The molecular weight excluding hydrogens is 332 g/mol. The highest BCUT2D eigenvalue weighted by molar-refractivity contribution is 9.10. The highest BCUT2D eigenvalue weighted by atomic mass is 79.9. The van der Waals surface area contributed by atoms with Crippen molar-refractivity contribution in [3.8, 4) is 0 Å². The molecule has 0 spiro atoms. The van der Waals surface area contributed by atoms with Crippen LogP contribution in [0.25, 0.3) is 0 Å². The van der Waals surface area contributed by atoms with Gasteiger partial charge in [-0.25, -0.2) is 13.1 Å². The number of halogens is 1. The van der Waals surface area contributed by atoms with Gasteiger partial charge in [-0.15, -0.1) is 0 Å². The van der Waals surface area contributed by atoms with Gasteiger partial charge in [-0.05, 0) is 18.2 Å². The third-order valence-corrected chi connectivity index (χ3v) is 4.34. The van der Waals surface area contributed by atoms with E-state index in [-0.39, 0.29) is 11.4 Å². The van der Waals surface area contributed by atoms with Gasteiger partial charge in [-0.1, -0.05) is 22.0 Å². The fraction of sp³-hybridized carbons (Fsp3) is 0.182. The van der Waals surface area contributed by atoms with Gasteiger partial charge in [-0.2, -0.15) is 5.10 Å². The van der Waals surface area contributed by atoms with Crippen LogP contribution in [0.2, 0.25) is 0 Å². The first-order chi connectivity index (χ1) is 8.97. The van der Waals surface area contributed by atoms with Crippen LogP contribution in [0.5, 0.6) is 0 Å². The highest BCUT2D eigenvalue weighted by Crippen LogP contribution is 2.15. The maximum absolute atomic E-state index is 12.0. The minimum absolute atomic E-state index is 0.224. The van der Waals surface area contributed by atoms with Gasteiger partial charge < -0.3 is 5.73 Å². The monoisotopic (exact) mass is 344 g/mol. The molecule has 1 aromatic heterocycles. The van der Waals surface area contributed by atoms with E-state index in [2.05, 4.69) is 25.8 Å². The maximum atomic E-state index is 12.0. The summed E-state index contributed by atoms with van der Waals surface area (Å²) in [5.41, 5.74) is 6.07. The second-order valence-corrected chi connectivity index (χ2v) is 6.57. The minimum Gasteiger partial charge on any atom is -0.396 e. The van der Waals surface area contributed by atoms with Crippen molar-refractivity contribution in [2.75, 3.05) is 12.3 Å². The SMILES string of the molecule is Nc1cnn(CCNS(=O)(=O)c2cccc(Br)c2)c1. The van der Waals surface area contributed by atoms with E-state index in [1.807, 2.05) is 0 Å². The predicted octanol–water partition coefficient (Wildman–Crippen LogP) is 1.21. The zero-order chi connectivity index (χ0) is 13.9. The van der Waals surface area contributed by atoms with Gasteiger partial charge in [0.2, 0.25) is 10.0 Å². The van der Waals surface area contributed by atoms with Crippen molar-refractivity contribution in [2.45, 2.75) is 11.4 Å². The van der Waals surface area contributed by atoms with E-state index in [1.54, 1.807) is 35.1 Å². The predicted molar refractivity (Wildman–Crippen MR) is 76.0 cm³/mol. The lowest BCUT2D eigenvalue weighted by Crippen LogP contribution is -2.27. The summed E-state index contributed by atoms with van der Waals surface area (Å²) in [5, 5.41) is 3.97. The van der Waals surface area contributed by atoms with E-state index in [4.69, 9.17) is 5.73 Å². The molecule has 0 aliphatic carbocycles. The zero-order valence-corrected chi connectivity index (χ0v) is 12.4. The molecule has 0 unspecified atom stereocenters. The Morgan fingerprint density at radius 2 is 2.21 bits per heavy atom. The summed E-state index contributed by atoms with van der Waals surface area (Å²) in [6.45, 7) is 0.667. The molecular formula is C11H13BrN4O2S. The summed E-state index contributed by atoms with van der Waals surface area (Å²) in [4.78, 5) is 0.224. The van der Waals surface area contributed by atoms with Crippen LogP contribution in [0.4, 0.5) is 5.69 Å². The van der Waals surface area contributed by atoms with Gasteiger partial charge in [0.15, 0.2) is 0 Å². The Morgan fingerprint density at radius 1 is 1.42 bits per heavy atom. The largest absolute Gasteiger partial charge is 0.396 e. The summed E-state index contributed by atoms with van der Waals surface area (Å²) >= 11 is 3.24. The molecule has 1 heterocycles. The van der Waals surface area contributed by atoms with Gasteiger partial charge in [0.1, 0.15) is 0 Å². The second kappa shape index (κ2) is 5.72. The average molecular weight is 345 g/mol. The number of nitrogens with two attached hydrogens (primary N) is 1. The number of hydrogen-bond donors (Lipinski definition) is 2. The molecule has 2 aromatic rings. The maximum Gasteiger partial charge on any atom is 0.240 e. The number of hydrogen-bond acceptors (Lipinski definition) is 4. The number of aromatic nitrogens is 2. The number of anilines is 1. The summed E-state index contributed by atoms with van der Waals surface area (Å²) in [7, 11) is -3.50. The van der Waals surface area contributed by atoms with Crippen LogP contribution in [0.1, 0.15) is 0 Å². The fourth-order valence-electron chi connectivity index (χ4n) is 1.51. The van der Waals surface area contributed by atoms with Gasteiger partial charge >= 0.3 is 0 Å². The van der Waals surface area contributed by atoms with Crippen molar-refractivity contribution in [1.29, 1.82) is 0 Å². The highest BCUT2D eigenvalue weighted by Gasteiger charge is 2.13. The molecule has 102 valence electrons. The zero-order valence-electron chi connectivity index (χ0n) is 9.95. The first kappa shape index (κ1) is 14.0. The molecule has 6 nitrogen and oxygen atoms in total. The van der Waals surface area contributed by atoms with Crippen LogP contribution in [-0.2, 0) is 16.6 Å². The van der Waals surface area contributed by atoms with Crippen molar-refractivity contribution in [3.05, 3.63) is 41.1 Å². The summed E-state index contributed by atoms with van der Waals surface area (Å²) in [5.74, 6) is 0. The Bertz CT molecular complexity index is 669. The van der Waals surface area contributed by atoms with Crippen LogP contribution < -0.4 is 10.5 Å². The number of benzene rings is 1. The van der Waals surface area contributed by atoms with Crippen LogP contribution in [0.3, 0.4) is 0 Å². The number of rotatable bonds is 5. The van der Waals surface area contributed by atoms with E-state index >= 15 is 0 Å². The van der Waals surface area contributed by atoms with Gasteiger partial charge in [0, 0.05) is 17.2 Å². The molecule has 0 fully saturated rings. The Hall–Kier alpha value is -1.38. The van der Waals surface area contributed by atoms with E-state index in [0.717, 1.165) is 4.47 Å². The van der Waals surface area contributed by atoms with Crippen LogP contribution in [0, 0.1) is 0 Å². The lowest BCUT2D eigenvalue weighted by Gasteiger charge is -2.07. The van der Waals surface area contributed by atoms with Crippen LogP contribution in [-0.4, -0.2) is 24.7 Å². The standard InChI is InChI=1S/C11H13BrN4O2S/c12-9-2-1-3-11(6-9)19(17,18)15-4-5-16-8-10(13)7-14-16/h1-3,6-8,15H,4-5,13H2. The van der Waals surface area contributed by atoms with E-state index in [0.29, 0.717) is 12.2 Å². The van der Waals surface area contributed by atoms with Crippen molar-refractivity contribution in [3.63, 3.8) is 0 Å². The summed E-state index contributed by atoms with van der Waals surface area (Å²) < 4.78 is 28.8. The molecule has 2 rings (SSSR count). The fourth-order valence-corrected chi connectivity index (χ4v) is 3.13. The normalized spacial score (nSPS) is 11.6. The number of nitrogen functional groups attached to an aromatic ring is 1. The van der Waals surface area contributed by atoms with E-state index in [1.165, 1.54) is 6.20 Å². The molecule has 3 N–H and O–H groups in total. The first-order valence-electron chi connectivity index (χ1n) is 5.50. The Balaban J connectivity index is 1.98. The summed E-state index contributed by atoms with van der Waals surface area (Å²) in [6.07, 6.45) is 3.16. The quantitative estimate of drug-likeness (QED) is 0.852. The second-order valence-electron chi connectivity index (χ2n) is 3.89. The minimum atomic E-state index is -3.50. The van der Waals surface area contributed by atoms with Crippen molar-refractivity contribution in [1.82, 2.24) is 14.5 Å². The first-order valence-corrected chi connectivity index (χ1v) is 7.78.